The third-order valence-corrected chi connectivity index (χ3v) is 2.53. The molecule has 12 heavy (non-hydrogen) atoms. The molecule has 0 fully saturated rings. The highest BCUT2D eigenvalue weighted by molar-refractivity contribution is 5.84. The van der Waals surface area contributed by atoms with Crippen LogP contribution in [-0.2, 0) is 4.79 Å². The summed E-state index contributed by atoms with van der Waals surface area (Å²) in [5.74, 6) is 0.456. The van der Waals surface area contributed by atoms with Gasteiger partial charge >= 0.3 is 0 Å². The minimum Gasteiger partial charge on any atom is -0.299 e. The van der Waals surface area contributed by atoms with E-state index in [4.69, 9.17) is 0 Å². The molecule has 0 saturated heterocycles. The van der Waals surface area contributed by atoms with Crippen LogP contribution in [0.4, 0.5) is 0 Å². The second kappa shape index (κ2) is 4.24. The van der Waals surface area contributed by atoms with Crippen LogP contribution in [0.5, 0.6) is 0 Å². The van der Waals surface area contributed by atoms with Crippen molar-refractivity contribution < 1.29 is 4.79 Å². The van der Waals surface area contributed by atoms with Gasteiger partial charge in [-0.05, 0) is 19.3 Å². The van der Waals surface area contributed by atoms with Crippen molar-refractivity contribution in [2.45, 2.75) is 27.2 Å². The molecule has 0 aromatic carbocycles. The lowest BCUT2D eigenvalue weighted by Crippen LogP contribution is -2.31. The Balaban J connectivity index is 4.87. The zero-order chi connectivity index (χ0) is 9.78. The van der Waals surface area contributed by atoms with Gasteiger partial charge in [-0.1, -0.05) is 26.0 Å². The van der Waals surface area contributed by atoms with Gasteiger partial charge in [0.15, 0.2) is 0 Å². The zero-order valence-corrected chi connectivity index (χ0v) is 8.26. The summed E-state index contributed by atoms with van der Waals surface area (Å²) in [6.45, 7) is 13.1. The summed E-state index contributed by atoms with van der Waals surface area (Å²) in [7, 11) is 0. The van der Waals surface area contributed by atoms with Gasteiger partial charge in [-0.15, -0.1) is 13.2 Å². The van der Waals surface area contributed by atoms with Gasteiger partial charge in [-0.2, -0.15) is 0 Å². The SMILES string of the molecule is C=CCC(C=C)(C(C)=O)C(C)C. The van der Waals surface area contributed by atoms with Crippen LogP contribution in [0.2, 0.25) is 0 Å². The predicted molar refractivity (Wildman–Crippen MR) is 53.0 cm³/mol. The highest BCUT2D eigenvalue weighted by atomic mass is 16.1. The third kappa shape index (κ3) is 1.84. The number of carbonyl (C=O) groups excluding carboxylic acids is 1. The Kier molecular flexibility index (Phi) is 3.94. The summed E-state index contributed by atoms with van der Waals surface area (Å²) in [6.07, 6.45) is 4.22. The number of hydrogen-bond donors (Lipinski definition) is 0. The Morgan fingerprint density at radius 2 is 2.00 bits per heavy atom. The topological polar surface area (TPSA) is 17.1 Å². The Morgan fingerprint density at radius 1 is 1.50 bits per heavy atom. The molecule has 0 aliphatic heterocycles. The summed E-state index contributed by atoms with van der Waals surface area (Å²) in [4.78, 5) is 11.4. The first-order valence-electron chi connectivity index (χ1n) is 4.26. The standard InChI is InChI=1S/C11H18O/c1-6-8-11(7-2,9(3)4)10(5)12/h6-7,9H,1-2,8H2,3-5H3. The van der Waals surface area contributed by atoms with Crippen LogP contribution in [0, 0.1) is 11.3 Å². The van der Waals surface area contributed by atoms with Crippen molar-refractivity contribution in [2.75, 3.05) is 0 Å². The van der Waals surface area contributed by atoms with Gasteiger partial charge in [0, 0.05) is 0 Å². The molecular formula is C11H18O. The van der Waals surface area contributed by atoms with Gasteiger partial charge in [0.1, 0.15) is 5.78 Å². The minimum absolute atomic E-state index is 0.174. The minimum atomic E-state index is -0.401. The maximum atomic E-state index is 11.4. The number of hydrogen-bond acceptors (Lipinski definition) is 1. The van der Waals surface area contributed by atoms with Crippen molar-refractivity contribution in [2.24, 2.45) is 11.3 Å². The molecule has 0 rings (SSSR count). The first kappa shape index (κ1) is 11.2. The Hall–Kier alpha value is -0.850. The van der Waals surface area contributed by atoms with E-state index in [0.717, 1.165) is 0 Å². The zero-order valence-electron chi connectivity index (χ0n) is 8.26. The van der Waals surface area contributed by atoms with Crippen LogP contribution in [0.25, 0.3) is 0 Å². The summed E-state index contributed by atoms with van der Waals surface area (Å²) in [6, 6.07) is 0. The predicted octanol–water partition coefficient (Wildman–Crippen LogP) is 2.98. The van der Waals surface area contributed by atoms with Gasteiger partial charge < -0.3 is 0 Å². The summed E-state index contributed by atoms with van der Waals surface area (Å²) in [5, 5.41) is 0. The van der Waals surface area contributed by atoms with E-state index >= 15 is 0 Å². The second-order valence-electron chi connectivity index (χ2n) is 3.45. The fourth-order valence-corrected chi connectivity index (χ4v) is 1.49. The quantitative estimate of drug-likeness (QED) is 0.574. The number of Topliss-reactive ketones (excluding diaryl/α,β-unsaturated/α-hetero) is 1. The second-order valence-corrected chi connectivity index (χ2v) is 3.45. The molecule has 0 heterocycles. The molecule has 0 saturated carbocycles. The fraction of sp³-hybridized carbons (Fsp3) is 0.545. The molecule has 1 atom stereocenters. The van der Waals surface area contributed by atoms with E-state index in [1.807, 2.05) is 13.8 Å². The van der Waals surface area contributed by atoms with Gasteiger partial charge in [0.2, 0.25) is 0 Å². The normalized spacial score (nSPS) is 15.3. The third-order valence-electron chi connectivity index (χ3n) is 2.53. The van der Waals surface area contributed by atoms with Gasteiger partial charge in [-0.3, -0.25) is 4.79 Å². The number of carbonyl (C=O) groups is 1. The van der Waals surface area contributed by atoms with Gasteiger partial charge in [0.05, 0.1) is 5.41 Å². The molecule has 68 valence electrons. The van der Waals surface area contributed by atoms with Crippen molar-refractivity contribution in [1.29, 1.82) is 0 Å². The van der Waals surface area contributed by atoms with Crippen LogP contribution in [-0.4, -0.2) is 5.78 Å². The highest BCUT2D eigenvalue weighted by Gasteiger charge is 2.33. The van der Waals surface area contributed by atoms with Crippen molar-refractivity contribution >= 4 is 5.78 Å². The maximum absolute atomic E-state index is 11.4. The smallest absolute Gasteiger partial charge is 0.140 e. The molecule has 0 N–H and O–H groups in total. The molecular weight excluding hydrogens is 148 g/mol. The highest BCUT2D eigenvalue weighted by Crippen LogP contribution is 2.34. The molecule has 0 spiro atoms. The summed E-state index contributed by atoms with van der Waals surface area (Å²) < 4.78 is 0. The molecule has 1 heteroatoms. The van der Waals surface area contributed by atoms with E-state index in [9.17, 15) is 4.79 Å². The number of allylic oxidation sites excluding steroid dienone is 2. The van der Waals surface area contributed by atoms with Crippen molar-refractivity contribution in [1.82, 2.24) is 0 Å². The van der Waals surface area contributed by atoms with Crippen LogP contribution in [0.1, 0.15) is 27.2 Å². The van der Waals surface area contributed by atoms with E-state index in [0.29, 0.717) is 6.42 Å². The molecule has 0 aliphatic rings. The van der Waals surface area contributed by atoms with Crippen LogP contribution >= 0.6 is 0 Å². The van der Waals surface area contributed by atoms with E-state index in [-0.39, 0.29) is 11.7 Å². The van der Waals surface area contributed by atoms with E-state index < -0.39 is 5.41 Å². The number of rotatable bonds is 5. The van der Waals surface area contributed by atoms with Crippen LogP contribution in [0.3, 0.4) is 0 Å². The first-order valence-corrected chi connectivity index (χ1v) is 4.26. The monoisotopic (exact) mass is 166 g/mol. The molecule has 1 nitrogen and oxygen atoms in total. The van der Waals surface area contributed by atoms with Crippen LogP contribution < -0.4 is 0 Å². The van der Waals surface area contributed by atoms with Crippen LogP contribution in [0.15, 0.2) is 25.3 Å². The summed E-state index contributed by atoms with van der Waals surface area (Å²) >= 11 is 0. The molecule has 0 aromatic rings. The Bertz CT molecular complexity index is 191. The summed E-state index contributed by atoms with van der Waals surface area (Å²) in [5.41, 5.74) is -0.401. The van der Waals surface area contributed by atoms with Gasteiger partial charge in [0.25, 0.3) is 0 Å². The van der Waals surface area contributed by atoms with Crippen molar-refractivity contribution in [3.05, 3.63) is 25.3 Å². The fourth-order valence-electron chi connectivity index (χ4n) is 1.49. The average molecular weight is 166 g/mol. The lowest BCUT2D eigenvalue weighted by Gasteiger charge is -2.30. The largest absolute Gasteiger partial charge is 0.299 e. The molecule has 0 amide bonds. The lowest BCUT2D eigenvalue weighted by molar-refractivity contribution is -0.125. The van der Waals surface area contributed by atoms with E-state index in [1.54, 1.807) is 19.1 Å². The lowest BCUT2D eigenvalue weighted by atomic mass is 9.72. The van der Waals surface area contributed by atoms with Gasteiger partial charge in [-0.25, -0.2) is 0 Å². The van der Waals surface area contributed by atoms with Crippen molar-refractivity contribution in [3.8, 4) is 0 Å². The maximum Gasteiger partial charge on any atom is 0.140 e. The molecule has 0 aromatic heterocycles. The average Bonchev–Trinajstić information content (AvgIpc) is 1.98. The molecule has 0 radical (unpaired) electrons. The van der Waals surface area contributed by atoms with E-state index in [2.05, 4.69) is 13.2 Å². The Morgan fingerprint density at radius 3 is 2.08 bits per heavy atom. The molecule has 1 unspecified atom stereocenters. The molecule has 0 aliphatic carbocycles. The van der Waals surface area contributed by atoms with E-state index in [1.165, 1.54) is 0 Å². The van der Waals surface area contributed by atoms with Crippen molar-refractivity contribution in [3.63, 3.8) is 0 Å². The molecule has 0 bridgehead atoms. The number of ketones is 1. The first-order chi connectivity index (χ1) is 5.51. The Labute approximate surface area is 75.2 Å².